The molecule has 1 saturated carbocycles. The van der Waals surface area contributed by atoms with Gasteiger partial charge in [-0.3, -0.25) is 4.55 Å². The molecule has 1 fully saturated rings. The summed E-state index contributed by atoms with van der Waals surface area (Å²) < 4.78 is 227. The second kappa shape index (κ2) is 5.07. The van der Waals surface area contributed by atoms with Crippen molar-refractivity contribution in [3.05, 3.63) is 0 Å². The predicted molar refractivity (Wildman–Crippen MR) is 49.7 cm³/mol. The Kier molecular flexibility index (Phi) is 4.48. The van der Waals surface area contributed by atoms with Crippen molar-refractivity contribution in [2.75, 3.05) is 0 Å². The van der Waals surface area contributed by atoms with Crippen molar-refractivity contribution in [3.63, 3.8) is 0 Å². The first-order valence-corrected chi connectivity index (χ1v) is 6.99. The van der Waals surface area contributed by atoms with Crippen LogP contribution in [0.5, 0.6) is 0 Å². The van der Waals surface area contributed by atoms with Gasteiger partial charge in [-0.15, -0.1) is 0 Å². The van der Waals surface area contributed by atoms with Crippen LogP contribution in [-0.4, -0.2) is 54.0 Å². The molecular formula is C8HF15O3S. The first-order chi connectivity index (χ1) is 11.2. The van der Waals surface area contributed by atoms with E-state index in [0.717, 1.165) is 0 Å². The number of alkyl halides is 15. The van der Waals surface area contributed by atoms with Gasteiger partial charge in [-0.1, -0.05) is 0 Å². The Bertz CT molecular complexity index is 717. The molecule has 1 rings (SSSR count). The average Bonchev–Trinajstić information content (AvgIpc) is 2.31. The van der Waals surface area contributed by atoms with Gasteiger partial charge in [0.2, 0.25) is 0 Å². The lowest BCUT2D eigenvalue weighted by molar-refractivity contribution is -0.526. The van der Waals surface area contributed by atoms with Crippen LogP contribution in [0, 0.1) is 5.41 Å². The molecule has 1 N–H and O–H groups in total. The van der Waals surface area contributed by atoms with Crippen LogP contribution in [0.15, 0.2) is 0 Å². The minimum atomic E-state index is -8.71. The normalized spacial score (nSPS) is 32.1. The predicted octanol–water partition coefficient (Wildman–Crippen LogP) is 4.21. The van der Waals surface area contributed by atoms with Gasteiger partial charge in [0.1, 0.15) is 0 Å². The maximum absolute atomic E-state index is 14.2. The lowest BCUT2D eigenvalue weighted by atomic mass is 9.62. The zero-order chi connectivity index (χ0) is 22.5. The maximum atomic E-state index is 14.2. The van der Waals surface area contributed by atoms with Crippen molar-refractivity contribution in [2.45, 2.75) is 41.0 Å². The molecule has 0 spiro atoms. The summed E-state index contributed by atoms with van der Waals surface area (Å²) >= 11 is 0. The van der Waals surface area contributed by atoms with Gasteiger partial charge in [-0.2, -0.15) is 69.9 Å². The molecule has 27 heavy (non-hydrogen) atoms. The van der Waals surface area contributed by atoms with Crippen LogP contribution in [0.3, 0.4) is 0 Å². The Hall–Kier alpha value is -1.14. The fourth-order valence-electron chi connectivity index (χ4n) is 2.51. The molecule has 0 saturated heterocycles. The average molecular weight is 462 g/mol. The van der Waals surface area contributed by atoms with Gasteiger partial charge in [0.05, 0.1) is 0 Å². The molecule has 3 nitrogen and oxygen atoms in total. The van der Waals surface area contributed by atoms with Crippen molar-refractivity contribution in [3.8, 4) is 0 Å². The van der Waals surface area contributed by atoms with Crippen molar-refractivity contribution < 1.29 is 78.8 Å². The fourth-order valence-corrected chi connectivity index (χ4v) is 3.70. The van der Waals surface area contributed by atoms with Crippen molar-refractivity contribution in [2.24, 2.45) is 5.41 Å². The third-order valence-electron chi connectivity index (χ3n) is 3.75. The highest BCUT2D eigenvalue weighted by Crippen LogP contribution is 2.79. The van der Waals surface area contributed by atoms with Crippen LogP contribution < -0.4 is 0 Å². The van der Waals surface area contributed by atoms with E-state index in [-0.39, 0.29) is 0 Å². The van der Waals surface area contributed by atoms with Crippen LogP contribution in [0.2, 0.25) is 0 Å². The molecule has 162 valence electrons. The SMILES string of the molecule is O=S(=O)(O)C1(F)C(F)(F)C(F)(F)C(F)(F)C(F)(F)C1(C(F)(F)F)C(F)(F)F. The summed E-state index contributed by atoms with van der Waals surface area (Å²) in [6.45, 7) is 0. The van der Waals surface area contributed by atoms with Crippen molar-refractivity contribution in [1.82, 2.24) is 0 Å². The third-order valence-corrected chi connectivity index (χ3v) is 5.02. The largest absolute Gasteiger partial charge is 0.414 e. The second-order valence-electron chi connectivity index (χ2n) is 5.11. The minimum Gasteiger partial charge on any atom is -0.283 e. The summed E-state index contributed by atoms with van der Waals surface area (Å²) in [6.07, 6.45) is -16.9. The highest BCUT2D eigenvalue weighted by Gasteiger charge is 3.10. The van der Waals surface area contributed by atoms with Crippen LogP contribution in [0.1, 0.15) is 0 Å². The zero-order valence-electron chi connectivity index (χ0n) is 11.3. The molecule has 0 aromatic rings. The first kappa shape index (κ1) is 23.9. The molecule has 0 heterocycles. The number of hydrogen-bond donors (Lipinski definition) is 1. The first-order valence-electron chi connectivity index (χ1n) is 5.55. The molecule has 1 aliphatic rings. The summed E-state index contributed by atoms with van der Waals surface area (Å²) in [5.74, 6) is -33.4. The molecule has 0 aromatic heterocycles. The lowest BCUT2D eigenvalue weighted by Gasteiger charge is -2.57. The minimum absolute atomic E-state index is 8.14. The summed E-state index contributed by atoms with van der Waals surface area (Å²) in [4.78, 5) is 0. The van der Waals surface area contributed by atoms with Crippen LogP contribution in [0.25, 0.3) is 0 Å². The van der Waals surface area contributed by atoms with Gasteiger partial charge in [0.25, 0.3) is 5.41 Å². The summed E-state index contributed by atoms with van der Waals surface area (Å²) in [5, 5.41) is -8.42. The quantitative estimate of drug-likeness (QED) is 0.470. The second-order valence-corrected chi connectivity index (χ2v) is 6.63. The Balaban J connectivity index is 4.58. The molecule has 0 aromatic carbocycles. The lowest BCUT2D eigenvalue weighted by Crippen LogP contribution is -2.90. The topological polar surface area (TPSA) is 54.4 Å². The van der Waals surface area contributed by atoms with Gasteiger partial charge in [-0.05, 0) is 0 Å². The molecule has 0 radical (unpaired) electrons. The molecule has 0 aliphatic heterocycles. The Morgan fingerprint density at radius 3 is 1.04 bits per heavy atom. The smallest absolute Gasteiger partial charge is 0.283 e. The molecule has 19 heteroatoms. The van der Waals surface area contributed by atoms with Gasteiger partial charge < -0.3 is 0 Å². The van der Waals surface area contributed by atoms with E-state index in [1.165, 1.54) is 0 Å². The van der Waals surface area contributed by atoms with E-state index < -0.39 is 56.6 Å². The number of rotatable bonds is 1. The maximum Gasteiger partial charge on any atom is 0.414 e. The van der Waals surface area contributed by atoms with Crippen molar-refractivity contribution in [1.29, 1.82) is 0 Å². The van der Waals surface area contributed by atoms with Crippen LogP contribution >= 0.6 is 0 Å². The highest BCUT2D eigenvalue weighted by atomic mass is 32.2. The summed E-state index contributed by atoms with van der Waals surface area (Å²) in [5.41, 5.74) is -8.71. The monoisotopic (exact) mass is 462 g/mol. The van der Waals surface area contributed by atoms with Gasteiger partial charge in [-0.25, -0.2) is 4.39 Å². The van der Waals surface area contributed by atoms with E-state index in [9.17, 15) is 74.3 Å². The molecule has 0 bridgehead atoms. The van der Waals surface area contributed by atoms with E-state index in [2.05, 4.69) is 0 Å². The fraction of sp³-hybridized carbons (Fsp3) is 1.00. The van der Waals surface area contributed by atoms with E-state index >= 15 is 0 Å². The van der Waals surface area contributed by atoms with Gasteiger partial charge in [0, 0.05) is 0 Å². The zero-order valence-corrected chi connectivity index (χ0v) is 12.2. The van der Waals surface area contributed by atoms with E-state index in [4.69, 9.17) is 4.55 Å². The van der Waals surface area contributed by atoms with E-state index in [1.807, 2.05) is 0 Å². The van der Waals surface area contributed by atoms with Gasteiger partial charge in [0.15, 0.2) is 0 Å². The highest BCUT2D eigenvalue weighted by molar-refractivity contribution is 7.87. The molecule has 1 aliphatic carbocycles. The summed E-state index contributed by atoms with van der Waals surface area (Å²) in [6, 6.07) is 0. The molecular weight excluding hydrogens is 461 g/mol. The molecule has 1 unspecified atom stereocenters. The summed E-state index contributed by atoms with van der Waals surface area (Å²) in [7, 11) is -8.55. The van der Waals surface area contributed by atoms with Crippen LogP contribution in [0.4, 0.5) is 65.9 Å². The van der Waals surface area contributed by atoms with Crippen LogP contribution in [-0.2, 0) is 10.1 Å². The Morgan fingerprint density at radius 1 is 0.556 bits per heavy atom. The van der Waals surface area contributed by atoms with Gasteiger partial charge >= 0.3 is 51.2 Å². The van der Waals surface area contributed by atoms with E-state index in [1.54, 1.807) is 0 Å². The standard InChI is InChI=1S/C8HF15O3S/c9-2(10)1(7(18,19)20,8(21,22)23)6(17,27(24,25)26)5(15,16)4(13,14)3(2,11)12/h(H,24,25,26). The van der Waals surface area contributed by atoms with Crippen molar-refractivity contribution >= 4 is 10.1 Å². The van der Waals surface area contributed by atoms with E-state index in [0.29, 0.717) is 0 Å². The Labute approximate surface area is 136 Å². The number of hydrogen-bond acceptors (Lipinski definition) is 2. The third kappa shape index (κ3) is 2.04. The number of halogens is 15. The molecule has 1 atom stereocenters. The Morgan fingerprint density at radius 2 is 0.815 bits per heavy atom. The molecule has 0 amide bonds.